The molecule has 0 atom stereocenters. The molecule has 1 aromatic carbocycles. The molecule has 0 radical (unpaired) electrons. The topological polar surface area (TPSA) is 35.6 Å². The Morgan fingerprint density at radius 3 is 2.62 bits per heavy atom. The Kier molecular flexibility index (Phi) is 5.76. The smallest absolute Gasteiger partial charge is 0.251 e. The van der Waals surface area contributed by atoms with Crippen LogP contribution in [-0.2, 0) is 0 Å². The van der Waals surface area contributed by atoms with Crippen molar-refractivity contribution >= 4 is 5.91 Å². The average molecular weight is 289 g/mol. The number of piperazine rings is 1. The monoisotopic (exact) mass is 289 g/mol. The van der Waals surface area contributed by atoms with Gasteiger partial charge in [0.05, 0.1) is 0 Å². The van der Waals surface area contributed by atoms with E-state index in [9.17, 15) is 4.79 Å². The summed E-state index contributed by atoms with van der Waals surface area (Å²) in [5.74, 6) is 0.0505. The van der Waals surface area contributed by atoms with E-state index < -0.39 is 0 Å². The highest BCUT2D eigenvalue weighted by molar-refractivity contribution is 5.95. The van der Waals surface area contributed by atoms with Crippen LogP contribution in [0.1, 0.15) is 27.9 Å². The first-order valence-corrected chi connectivity index (χ1v) is 7.82. The maximum Gasteiger partial charge on any atom is 0.251 e. The molecule has 1 N–H and O–H groups in total. The highest BCUT2D eigenvalue weighted by atomic mass is 16.1. The van der Waals surface area contributed by atoms with E-state index in [2.05, 4.69) is 22.2 Å². The van der Waals surface area contributed by atoms with Crippen LogP contribution >= 0.6 is 0 Å². The van der Waals surface area contributed by atoms with Crippen LogP contribution in [0.4, 0.5) is 0 Å². The van der Waals surface area contributed by atoms with Crippen LogP contribution in [0.3, 0.4) is 0 Å². The summed E-state index contributed by atoms with van der Waals surface area (Å²) >= 11 is 0. The van der Waals surface area contributed by atoms with Gasteiger partial charge < -0.3 is 15.1 Å². The van der Waals surface area contributed by atoms with E-state index in [-0.39, 0.29) is 5.91 Å². The molecule has 1 aliphatic heterocycles. The number of likely N-dealkylation sites (N-methyl/N-ethyl adjacent to an activating group) is 1. The summed E-state index contributed by atoms with van der Waals surface area (Å²) in [6.07, 6.45) is 1.01. The van der Waals surface area contributed by atoms with E-state index in [1.165, 1.54) is 0 Å². The predicted molar refractivity (Wildman–Crippen MR) is 86.8 cm³/mol. The summed E-state index contributed by atoms with van der Waals surface area (Å²) in [5.41, 5.74) is 2.97. The Balaban J connectivity index is 1.71. The second-order valence-electron chi connectivity index (χ2n) is 6.07. The minimum Gasteiger partial charge on any atom is -0.352 e. The van der Waals surface area contributed by atoms with Crippen molar-refractivity contribution in [1.29, 1.82) is 0 Å². The summed E-state index contributed by atoms with van der Waals surface area (Å²) in [5, 5.41) is 3.04. The van der Waals surface area contributed by atoms with Crippen molar-refractivity contribution in [2.24, 2.45) is 0 Å². The van der Waals surface area contributed by atoms with Crippen molar-refractivity contribution in [2.75, 3.05) is 46.3 Å². The van der Waals surface area contributed by atoms with Gasteiger partial charge >= 0.3 is 0 Å². The van der Waals surface area contributed by atoms with Crippen LogP contribution in [0.25, 0.3) is 0 Å². The molecule has 0 aliphatic carbocycles. The van der Waals surface area contributed by atoms with Crippen molar-refractivity contribution in [3.8, 4) is 0 Å². The number of nitrogens with one attached hydrogen (secondary N) is 1. The zero-order valence-electron chi connectivity index (χ0n) is 13.5. The number of carbonyl (C=O) groups excluding carboxylic acids is 1. The Labute approximate surface area is 128 Å². The molecule has 4 heteroatoms. The van der Waals surface area contributed by atoms with Crippen LogP contribution in [0.5, 0.6) is 0 Å². The van der Waals surface area contributed by atoms with Gasteiger partial charge in [-0.05, 0) is 45.5 Å². The van der Waals surface area contributed by atoms with Gasteiger partial charge in [0.2, 0.25) is 0 Å². The number of hydrogen-bond donors (Lipinski definition) is 1. The van der Waals surface area contributed by atoms with Crippen LogP contribution in [0.15, 0.2) is 18.2 Å². The van der Waals surface area contributed by atoms with Crippen molar-refractivity contribution < 1.29 is 4.79 Å². The second kappa shape index (κ2) is 7.57. The van der Waals surface area contributed by atoms with Gasteiger partial charge in [0.1, 0.15) is 0 Å². The summed E-state index contributed by atoms with van der Waals surface area (Å²) in [4.78, 5) is 17.0. The number of aryl methyl sites for hydroxylation is 2. The minimum absolute atomic E-state index is 0.0505. The zero-order chi connectivity index (χ0) is 15.2. The molecule has 1 amide bonds. The molecule has 2 rings (SSSR count). The molecule has 1 saturated heterocycles. The van der Waals surface area contributed by atoms with Crippen LogP contribution in [-0.4, -0.2) is 62.0 Å². The molecule has 0 spiro atoms. The van der Waals surface area contributed by atoms with Gasteiger partial charge in [-0.3, -0.25) is 4.79 Å². The molecular formula is C17H27N3O. The molecule has 21 heavy (non-hydrogen) atoms. The van der Waals surface area contributed by atoms with Crippen molar-refractivity contribution in [3.05, 3.63) is 34.9 Å². The third-order valence-corrected chi connectivity index (χ3v) is 4.17. The maximum atomic E-state index is 12.2. The first-order chi connectivity index (χ1) is 10.1. The Morgan fingerprint density at radius 1 is 1.19 bits per heavy atom. The van der Waals surface area contributed by atoms with Gasteiger partial charge in [-0.1, -0.05) is 17.7 Å². The molecule has 1 aromatic rings. The van der Waals surface area contributed by atoms with Gasteiger partial charge in [0.15, 0.2) is 0 Å². The number of amides is 1. The standard InChI is InChI=1S/C17H27N3O/c1-14-5-6-15(2)16(13-14)17(21)18-7-4-8-20-11-9-19(3)10-12-20/h5-6,13H,4,7-12H2,1-3H3,(H,18,21). The van der Waals surface area contributed by atoms with Crippen LogP contribution in [0, 0.1) is 13.8 Å². The van der Waals surface area contributed by atoms with Crippen molar-refractivity contribution in [3.63, 3.8) is 0 Å². The first-order valence-electron chi connectivity index (χ1n) is 7.82. The number of nitrogens with zero attached hydrogens (tertiary/aromatic N) is 2. The Bertz CT molecular complexity index is 479. The summed E-state index contributed by atoms with van der Waals surface area (Å²) in [6, 6.07) is 6.01. The molecular weight excluding hydrogens is 262 g/mol. The minimum atomic E-state index is 0.0505. The van der Waals surface area contributed by atoms with Gasteiger partial charge in [0, 0.05) is 38.3 Å². The van der Waals surface area contributed by atoms with Gasteiger partial charge in [-0.25, -0.2) is 0 Å². The van der Waals surface area contributed by atoms with E-state index in [0.29, 0.717) is 0 Å². The predicted octanol–water partition coefficient (Wildman–Crippen LogP) is 1.67. The largest absolute Gasteiger partial charge is 0.352 e. The van der Waals surface area contributed by atoms with Crippen LogP contribution < -0.4 is 5.32 Å². The lowest BCUT2D eigenvalue weighted by Crippen LogP contribution is -2.45. The van der Waals surface area contributed by atoms with E-state index in [0.717, 1.165) is 62.4 Å². The molecule has 0 bridgehead atoms. The number of benzene rings is 1. The normalized spacial score (nSPS) is 16.9. The first kappa shape index (κ1) is 16.0. The Morgan fingerprint density at radius 2 is 1.90 bits per heavy atom. The van der Waals surface area contributed by atoms with Crippen molar-refractivity contribution in [2.45, 2.75) is 20.3 Å². The number of hydrogen-bond acceptors (Lipinski definition) is 3. The van der Waals surface area contributed by atoms with Crippen molar-refractivity contribution in [1.82, 2.24) is 15.1 Å². The molecule has 0 unspecified atom stereocenters. The fourth-order valence-electron chi connectivity index (χ4n) is 2.65. The lowest BCUT2D eigenvalue weighted by Gasteiger charge is -2.32. The van der Waals surface area contributed by atoms with Crippen LogP contribution in [0.2, 0.25) is 0 Å². The van der Waals surface area contributed by atoms with Gasteiger partial charge in [-0.2, -0.15) is 0 Å². The third-order valence-electron chi connectivity index (χ3n) is 4.17. The maximum absolute atomic E-state index is 12.2. The fourth-order valence-corrected chi connectivity index (χ4v) is 2.65. The molecule has 0 saturated carbocycles. The van der Waals surface area contributed by atoms with E-state index in [1.54, 1.807) is 0 Å². The lowest BCUT2D eigenvalue weighted by atomic mass is 10.1. The summed E-state index contributed by atoms with van der Waals surface area (Å²) in [6.45, 7) is 10.4. The molecule has 116 valence electrons. The van der Waals surface area contributed by atoms with Gasteiger partial charge in [0.25, 0.3) is 5.91 Å². The van der Waals surface area contributed by atoms with E-state index in [4.69, 9.17) is 0 Å². The second-order valence-corrected chi connectivity index (χ2v) is 6.07. The highest BCUT2D eigenvalue weighted by Gasteiger charge is 2.13. The third kappa shape index (κ3) is 4.83. The quantitative estimate of drug-likeness (QED) is 0.838. The summed E-state index contributed by atoms with van der Waals surface area (Å²) < 4.78 is 0. The van der Waals surface area contributed by atoms with E-state index >= 15 is 0 Å². The highest BCUT2D eigenvalue weighted by Crippen LogP contribution is 2.10. The molecule has 4 nitrogen and oxygen atoms in total. The summed E-state index contributed by atoms with van der Waals surface area (Å²) in [7, 11) is 2.17. The average Bonchev–Trinajstić information content (AvgIpc) is 2.47. The van der Waals surface area contributed by atoms with Gasteiger partial charge in [-0.15, -0.1) is 0 Å². The Hall–Kier alpha value is -1.39. The SMILES string of the molecule is Cc1ccc(C)c(C(=O)NCCCN2CCN(C)CC2)c1. The number of rotatable bonds is 5. The lowest BCUT2D eigenvalue weighted by molar-refractivity contribution is 0.0948. The molecule has 1 aliphatic rings. The fraction of sp³-hybridized carbons (Fsp3) is 0.588. The molecule has 1 fully saturated rings. The number of carbonyl (C=O) groups is 1. The molecule has 1 heterocycles. The molecule has 0 aromatic heterocycles. The van der Waals surface area contributed by atoms with E-state index in [1.807, 2.05) is 32.0 Å². The zero-order valence-corrected chi connectivity index (χ0v) is 13.5.